The molecular formula is C18H21NO. The molecule has 0 aliphatic heterocycles. The van der Waals surface area contributed by atoms with Crippen LogP contribution in [0.4, 0.5) is 5.69 Å². The first-order valence-corrected chi connectivity index (χ1v) is 7.31. The molecule has 0 spiro atoms. The Bertz CT molecular complexity index is 606. The van der Waals surface area contributed by atoms with Crippen LogP contribution in [0.3, 0.4) is 0 Å². The first-order chi connectivity index (χ1) is 9.74. The molecule has 0 saturated carbocycles. The minimum absolute atomic E-state index is 0.501. The summed E-state index contributed by atoms with van der Waals surface area (Å²) in [6.07, 6.45) is 3.66. The Kier molecular flexibility index (Phi) is 3.64. The number of hydrogen-bond donors (Lipinski definition) is 1. The molecule has 0 saturated heterocycles. The molecule has 0 amide bonds. The van der Waals surface area contributed by atoms with Crippen LogP contribution in [0.1, 0.15) is 35.4 Å². The maximum Gasteiger partial charge on any atom is 0.124 e. The summed E-state index contributed by atoms with van der Waals surface area (Å²) in [5.74, 6) is 1.41. The number of aryl methyl sites for hydroxylation is 2. The summed E-state index contributed by atoms with van der Waals surface area (Å²) in [6, 6.07) is 14.6. The van der Waals surface area contributed by atoms with E-state index >= 15 is 0 Å². The molecule has 2 nitrogen and oxygen atoms in total. The van der Waals surface area contributed by atoms with Crippen LogP contribution in [-0.2, 0) is 6.42 Å². The average molecular weight is 267 g/mol. The quantitative estimate of drug-likeness (QED) is 0.851. The highest BCUT2D eigenvalue weighted by atomic mass is 16.5. The van der Waals surface area contributed by atoms with E-state index in [1.54, 1.807) is 0 Å². The van der Waals surface area contributed by atoms with Crippen LogP contribution in [0.15, 0.2) is 42.5 Å². The number of nitrogen functional groups attached to an aromatic ring is 1. The normalized spacial score (nSPS) is 17.6. The molecule has 2 N–H and O–H groups in total. The minimum atomic E-state index is 0.501. The van der Waals surface area contributed by atoms with Crippen molar-refractivity contribution in [2.24, 2.45) is 0 Å². The number of hydrogen-bond acceptors (Lipinski definition) is 2. The van der Waals surface area contributed by atoms with E-state index in [1.165, 1.54) is 30.4 Å². The van der Waals surface area contributed by atoms with Crippen molar-refractivity contribution in [2.45, 2.75) is 32.1 Å². The lowest BCUT2D eigenvalue weighted by molar-refractivity contribution is 0.273. The van der Waals surface area contributed by atoms with Crippen molar-refractivity contribution >= 4 is 5.69 Å². The SMILES string of the molecule is Cc1ccc(N)cc1OCC1CCCc2ccccc21. The van der Waals surface area contributed by atoms with Gasteiger partial charge >= 0.3 is 0 Å². The van der Waals surface area contributed by atoms with Crippen LogP contribution in [0.2, 0.25) is 0 Å². The molecular weight excluding hydrogens is 246 g/mol. The average Bonchev–Trinajstić information content (AvgIpc) is 2.48. The predicted molar refractivity (Wildman–Crippen MR) is 83.2 cm³/mol. The smallest absolute Gasteiger partial charge is 0.124 e. The Balaban J connectivity index is 1.75. The molecule has 0 bridgehead atoms. The summed E-state index contributed by atoms with van der Waals surface area (Å²) in [7, 11) is 0. The van der Waals surface area contributed by atoms with Crippen LogP contribution in [0.5, 0.6) is 5.75 Å². The topological polar surface area (TPSA) is 35.2 Å². The molecule has 1 atom stereocenters. The lowest BCUT2D eigenvalue weighted by Crippen LogP contribution is -2.16. The van der Waals surface area contributed by atoms with Crippen molar-refractivity contribution in [1.29, 1.82) is 0 Å². The monoisotopic (exact) mass is 267 g/mol. The standard InChI is InChI=1S/C18H21NO/c1-13-9-10-16(19)11-18(13)20-12-15-7-4-6-14-5-2-3-8-17(14)15/h2-3,5,8-11,15H,4,6-7,12,19H2,1H3. The Hall–Kier alpha value is -1.96. The van der Waals surface area contributed by atoms with Crippen molar-refractivity contribution in [1.82, 2.24) is 0 Å². The summed E-state index contributed by atoms with van der Waals surface area (Å²) < 4.78 is 6.03. The molecule has 1 aliphatic rings. The molecule has 3 rings (SSSR count). The Morgan fingerprint density at radius 2 is 2.05 bits per heavy atom. The lowest BCUT2D eigenvalue weighted by atomic mass is 9.83. The first-order valence-electron chi connectivity index (χ1n) is 7.31. The number of fused-ring (bicyclic) bond motifs is 1. The van der Waals surface area contributed by atoms with E-state index in [4.69, 9.17) is 10.5 Å². The number of benzene rings is 2. The van der Waals surface area contributed by atoms with Gasteiger partial charge in [0.25, 0.3) is 0 Å². The molecule has 1 unspecified atom stereocenters. The molecule has 20 heavy (non-hydrogen) atoms. The number of nitrogens with two attached hydrogens (primary N) is 1. The second kappa shape index (κ2) is 5.58. The van der Waals surface area contributed by atoms with E-state index in [2.05, 4.69) is 31.2 Å². The highest BCUT2D eigenvalue weighted by Gasteiger charge is 2.20. The number of ether oxygens (including phenoxy) is 1. The second-order valence-corrected chi connectivity index (χ2v) is 5.62. The zero-order valence-corrected chi connectivity index (χ0v) is 11.9. The molecule has 104 valence electrons. The fraction of sp³-hybridized carbons (Fsp3) is 0.333. The van der Waals surface area contributed by atoms with Gasteiger partial charge in [0.1, 0.15) is 5.75 Å². The van der Waals surface area contributed by atoms with Gasteiger partial charge in [-0.25, -0.2) is 0 Å². The number of rotatable bonds is 3. The maximum atomic E-state index is 6.03. The summed E-state index contributed by atoms with van der Waals surface area (Å²) in [5, 5.41) is 0. The third-order valence-corrected chi connectivity index (χ3v) is 4.15. The molecule has 0 fully saturated rings. The third-order valence-electron chi connectivity index (χ3n) is 4.15. The summed E-state index contributed by atoms with van der Waals surface area (Å²) in [4.78, 5) is 0. The van der Waals surface area contributed by atoms with Gasteiger partial charge < -0.3 is 10.5 Å². The van der Waals surface area contributed by atoms with Crippen LogP contribution >= 0.6 is 0 Å². The fourth-order valence-corrected chi connectivity index (χ4v) is 2.99. The summed E-state index contributed by atoms with van der Waals surface area (Å²) in [6.45, 7) is 2.80. The van der Waals surface area contributed by atoms with E-state index in [1.807, 2.05) is 18.2 Å². The fourth-order valence-electron chi connectivity index (χ4n) is 2.99. The maximum absolute atomic E-state index is 6.03. The molecule has 0 heterocycles. The van der Waals surface area contributed by atoms with Crippen LogP contribution in [0, 0.1) is 6.92 Å². The van der Waals surface area contributed by atoms with Crippen molar-refractivity contribution in [2.75, 3.05) is 12.3 Å². The van der Waals surface area contributed by atoms with Crippen molar-refractivity contribution in [3.05, 3.63) is 59.2 Å². The van der Waals surface area contributed by atoms with Crippen LogP contribution in [0.25, 0.3) is 0 Å². The van der Waals surface area contributed by atoms with Crippen molar-refractivity contribution in [3.63, 3.8) is 0 Å². The van der Waals surface area contributed by atoms with Crippen LogP contribution < -0.4 is 10.5 Å². The van der Waals surface area contributed by atoms with E-state index in [0.29, 0.717) is 5.92 Å². The van der Waals surface area contributed by atoms with E-state index in [9.17, 15) is 0 Å². The molecule has 0 radical (unpaired) electrons. The van der Waals surface area contributed by atoms with Gasteiger partial charge in [0.15, 0.2) is 0 Å². The lowest BCUT2D eigenvalue weighted by Gasteiger charge is -2.25. The van der Waals surface area contributed by atoms with Gasteiger partial charge in [-0.1, -0.05) is 30.3 Å². The Morgan fingerprint density at radius 3 is 2.95 bits per heavy atom. The molecule has 2 aromatic carbocycles. The minimum Gasteiger partial charge on any atom is -0.493 e. The largest absolute Gasteiger partial charge is 0.493 e. The van der Waals surface area contributed by atoms with Crippen LogP contribution in [-0.4, -0.2) is 6.61 Å². The highest BCUT2D eigenvalue weighted by molar-refractivity contribution is 5.48. The second-order valence-electron chi connectivity index (χ2n) is 5.62. The van der Waals surface area contributed by atoms with E-state index < -0.39 is 0 Å². The highest BCUT2D eigenvalue weighted by Crippen LogP contribution is 2.32. The molecule has 2 heteroatoms. The summed E-state index contributed by atoms with van der Waals surface area (Å²) >= 11 is 0. The first kappa shape index (κ1) is 13.0. The zero-order valence-electron chi connectivity index (χ0n) is 11.9. The van der Waals surface area contributed by atoms with Crippen molar-refractivity contribution in [3.8, 4) is 5.75 Å². The van der Waals surface area contributed by atoms with Gasteiger partial charge in [-0.05, 0) is 48.9 Å². The van der Waals surface area contributed by atoms with Gasteiger partial charge in [-0.2, -0.15) is 0 Å². The zero-order chi connectivity index (χ0) is 13.9. The molecule has 2 aromatic rings. The van der Waals surface area contributed by atoms with Gasteiger partial charge in [0.05, 0.1) is 6.61 Å². The molecule has 0 aromatic heterocycles. The predicted octanol–water partition coefficient (Wildman–Crippen LogP) is 4.08. The Labute approximate surface area is 120 Å². The van der Waals surface area contributed by atoms with Gasteiger partial charge in [-0.15, -0.1) is 0 Å². The summed E-state index contributed by atoms with van der Waals surface area (Å²) in [5.41, 5.74) is 10.7. The number of anilines is 1. The third kappa shape index (κ3) is 2.64. The van der Waals surface area contributed by atoms with Gasteiger partial charge in [-0.3, -0.25) is 0 Å². The van der Waals surface area contributed by atoms with E-state index in [0.717, 1.165) is 23.6 Å². The molecule has 1 aliphatic carbocycles. The van der Waals surface area contributed by atoms with Gasteiger partial charge in [0, 0.05) is 17.7 Å². The van der Waals surface area contributed by atoms with Crippen molar-refractivity contribution < 1.29 is 4.74 Å². The van der Waals surface area contributed by atoms with E-state index in [-0.39, 0.29) is 0 Å². The van der Waals surface area contributed by atoms with Gasteiger partial charge in [0.2, 0.25) is 0 Å². The Morgan fingerprint density at radius 1 is 1.20 bits per heavy atom.